The molecule has 0 aromatic heterocycles. The van der Waals surface area contributed by atoms with Crippen molar-refractivity contribution < 1.29 is 0 Å². The molecule has 0 spiro atoms. The van der Waals surface area contributed by atoms with Crippen molar-refractivity contribution in [2.75, 3.05) is 0 Å². The Balaban J connectivity index is 2.95. The first-order valence-corrected chi connectivity index (χ1v) is 3.97. The van der Waals surface area contributed by atoms with Gasteiger partial charge in [-0.3, -0.25) is 0 Å². The summed E-state index contributed by atoms with van der Waals surface area (Å²) in [6.45, 7) is 6.98. The van der Waals surface area contributed by atoms with E-state index in [-0.39, 0.29) is 0 Å². The van der Waals surface area contributed by atoms with E-state index in [1.54, 1.807) is 12.1 Å². The molecule has 0 aliphatic carbocycles. The van der Waals surface area contributed by atoms with Gasteiger partial charge in [0.15, 0.2) is 5.69 Å². The fourth-order valence-corrected chi connectivity index (χ4v) is 1.40. The Hall–Kier alpha value is -1.75. The van der Waals surface area contributed by atoms with Gasteiger partial charge in [0.1, 0.15) is 7.85 Å². The summed E-state index contributed by atoms with van der Waals surface area (Å²) in [7, 11) is 5.78. The fourth-order valence-electron chi connectivity index (χ4n) is 1.40. The van der Waals surface area contributed by atoms with E-state index in [0.717, 1.165) is 16.2 Å². The predicted molar refractivity (Wildman–Crippen MR) is 55.6 cm³/mol. The molecule has 2 rings (SSSR count). The number of hydrogen-bond acceptors (Lipinski definition) is 0. The fraction of sp³-hybridized carbons (Fsp3) is 0. The van der Waals surface area contributed by atoms with Crippen LogP contribution in [0.5, 0.6) is 0 Å². The molecule has 0 unspecified atom stereocenters. The summed E-state index contributed by atoms with van der Waals surface area (Å²) in [5, 5.41) is 1.88. The monoisotopic (exact) mass is 163 g/mol. The molecule has 0 N–H and O–H groups in total. The number of benzene rings is 2. The zero-order valence-corrected chi connectivity index (χ0v) is 6.99. The zero-order chi connectivity index (χ0) is 9.26. The minimum absolute atomic E-state index is 0.657. The van der Waals surface area contributed by atoms with Crippen LogP contribution in [0.2, 0.25) is 0 Å². The van der Waals surface area contributed by atoms with Gasteiger partial charge < -0.3 is 0 Å². The van der Waals surface area contributed by atoms with Crippen LogP contribution >= 0.6 is 0 Å². The number of rotatable bonds is 0. The molecule has 0 aliphatic rings. The minimum Gasteiger partial charge on any atom is -0.238 e. The molecule has 2 heteroatoms. The van der Waals surface area contributed by atoms with E-state index in [9.17, 15) is 0 Å². The molecule has 0 bridgehead atoms. The lowest BCUT2D eigenvalue weighted by Gasteiger charge is -2.02. The third kappa shape index (κ3) is 1.19. The highest BCUT2D eigenvalue weighted by Crippen LogP contribution is 2.23. The van der Waals surface area contributed by atoms with Crippen LogP contribution in [0.4, 0.5) is 5.69 Å². The Kier molecular flexibility index (Phi) is 1.79. The van der Waals surface area contributed by atoms with Crippen LogP contribution in [0.15, 0.2) is 36.4 Å². The molecule has 2 radical (unpaired) electrons. The first kappa shape index (κ1) is 7.88. The van der Waals surface area contributed by atoms with Gasteiger partial charge in [0.25, 0.3) is 0 Å². The van der Waals surface area contributed by atoms with Crippen molar-refractivity contribution in [3.63, 3.8) is 0 Å². The molecule has 13 heavy (non-hydrogen) atoms. The first-order valence-electron chi connectivity index (χ1n) is 3.97. The normalized spacial score (nSPS) is 9.77. The van der Waals surface area contributed by atoms with Gasteiger partial charge in [0.05, 0.1) is 6.57 Å². The van der Waals surface area contributed by atoms with Crippen LogP contribution in [0.1, 0.15) is 0 Å². The van der Waals surface area contributed by atoms with E-state index < -0.39 is 0 Å². The predicted octanol–water partition coefficient (Wildman–Crippen LogP) is 2.18. The van der Waals surface area contributed by atoms with Gasteiger partial charge in [0.2, 0.25) is 0 Å². The maximum atomic E-state index is 6.98. The maximum absolute atomic E-state index is 6.98. The zero-order valence-electron chi connectivity index (χ0n) is 6.99. The molecule has 58 valence electrons. The highest BCUT2D eigenvalue weighted by molar-refractivity contribution is 6.39. The van der Waals surface area contributed by atoms with Crippen molar-refractivity contribution in [3.05, 3.63) is 47.8 Å². The summed E-state index contributed by atoms with van der Waals surface area (Å²) in [6.07, 6.45) is 0. The molecule has 1 nitrogen and oxygen atoms in total. The van der Waals surface area contributed by atoms with Crippen molar-refractivity contribution >= 4 is 29.8 Å². The van der Waals surface area contributed by atoms with Crippen LogP contribution in [0, 0.1) is 6.57 Å². The number of hydrogen-bond donors (Lipinski definition) is 0. The molecule has 2 aromatic carbocycles. The molecule has 0 aliphatic heterocycles. The van der Waals surface area contributed by atoms with Crippen molar-refractivity contribution in [2.24, 2.45) is 0 Å². The maximum Gasteiger partial charge on any atom is 0.194 e. The smallest absolute Gasteiger partial charge is 0.194 e. The van der Waals surface area contributed by atoms with Crippen molar-refractivity contribution in [1.29, 1.82) is 0 Å². The highest BCUT2D eigenvalue weighted by atomic mass is 14.6. The second-order valence-electron chi connectivity index (χ2n) is 2.83. The molecular formula is C11H6BN. The van der Waals surface area contributed by atoms with Crippen molar-refractivity contribution in [2.45, 2.75) is 0 Å². The van der Waals surface area contributed by atoms with Crippen molar-refractivity contribution in [1.82, 2.24) is 0 Å². The summed E-state index contributed by atoms with van der Waals surface area (Å²) >= 11 is 0. The second kappa shape index (κ2) is 2.95. The lowest BCUT2D eigenvalue weighted by molar-refractivity contribution is 1.78. The summed E-state index contributed by atoms with van der Waals surface area (Å²) < 4.78 is 0. The number of nitrogens with zero attached hydrogens (tertiary/aromatic N) is 1. The third-order valence-electron chi connectivity index (χ3n) is 2.06. The Morgan fingerprint density at radius 1 is 1.00 bits per heavy atom. The van der Waals surface area contributed by atoms with Gasteiger partial charge in [-0.25, -0.2) is 4.85 Å². The quantitative estimate of drug-likeness (QED) is 0.414. The van der Waals surface area contributed by atoms with Gasteiger partial charge in [-0.1, -0.05) is 41.9 Å². The van der Waals surface area contributed by atoms with Gasteiger partial charge in [-0.15, -0.1) is 0 Å². The number of fused-ring (bicyclic) bond motifs is 1. The summed E-state index contributed by atoms with van der Waals surface area (Å²) in [4.78, 5) is 3.43. The average Bonchev–Trinajstić information content (AvgIpc) is 2.19. The van der Waals surface area contributed by atoms with Crippen LogP contribution in [-0.4, -0.2) is 7.85 Å². The lowest BCUT2D eigenvalue weighted by Crippen LogP contribution is -2.02. The highest BCUT2D eigenvalue weighted by Gasteiger charge is 2.00. The second-order valence-corrected chi connectivity index (χ2v) is 2.83. The SMILES string of the molecule is [B]c1ccc([N+]#[C-])c2ccccc12. The Bertz CT molecular complexity index is 497. The molecule has 0 amide bonds. The summed E-state index contributed by atoms with van der Waals surface area (Å²) in [6, 6.07) is 11.2. The molecule has 2 aromatic rings. The lowest BCUT2D eigenvalue weighted by atomic mass is 9.89. The largest absolute Gasteiger partial charge is 0.238 e. The van der Waals surface area contributed by atoms with E-state index in [4.69, 9.17) is 14.4 Å². The third-order valence-corrected chi connectivity index (χ3v) is 2.06. The van der Waals surface area contributed by atoms with E-state index in [1.807, 2.05) is 24.3 Å². The Morgan fingerprint density at radius 3 is 2.38 bits per heavy atom. The molecule has 0 saturated carbocycles. The van der Waals surface area contributed by atoms with E-state index in [0.29, 0.717) is 5.69 Å². The van der Waals surface area contributed by atoms with Crippen molar-refractivity contribution in [3.8, 4) is 0 Å². The standard InChI is InChI=1S/C11H6BN/c1-13-11-7-6-10(12)8-4-2-3-5-9(8)11/h2-7H. The molecule has 0 saturated heterocycles. The van der Waals surface area contributed by atoms with E-state index >= 15 is 0 Å². The minimum atomic E-state index is 0.657. The van der Waals surface area contributed by atoms with Crippen LogP contribution in [0.25, 0.3) is 15.6 Å². The molecular weight excluding hydrogens is 157 g/mol. The van der Waals surface area contributed by atoms with Gasteiger partial charge >= 0.3 is 0 Å². The van der Waals surface area contributed by atoms with E-state index in [1.165, 1.54) is 0 Å². The average molecular weight is 163 g/mol. The summed E-state index contributed by atoms with van der Waals surface area (Å²) in [5.41, 5.74) is 1.38. The van der Waals surface area contributed by atoms with Gasteiger partial charge in [0, 0.05) is 0 Å². The van der Waals surface area contributed by atoms with Crippen LogP contribution in [-0.2, 0) is 0 Å². The summed E-state index contributed by atoms with van der Waals surface area (Å²) in [5.74, 6) is 0. The molecule has 0 heterocycles. The first-order chi connectivity index (χ1) is 6.33. The topological polar surface area (TPSA) is 4.36 Å². The Morgan fingerprint density at radius 2 is 1.69 bits per heavy atom. The molecule has 0 fully saturated rings. The van der Waals surface area contributed by atoms with Crippen LogP contribution in [0.3, 0.4) is 0 Å². The van der Waals surface area contributed by atoms with E-state index in [2.05, 4.69) is 4.85 Å². The van der Waals surface area contributed by atoms with Gasteiger partial charge in [-0.2, -0.15) is 0 Å². The van der Waals surface area contributed by atoms with Crippen LogP contribution < -0.4 is 5.46 Å². The molecule has 0 atom stereocenters. The van der Waals surface area contributed by atoms with Gasteiger partial charge in [-0.05, 0) is 10.8 Å². The Labute approximate surface area is 78.2 Å².